The van der Waals surface area contributed by atoms with Crippen LogP contribution in [0.2, 0.25) is 0 Å². The summed E-state index contributed by atoms with van der Waals surface area (Å²) in [4.78, 5) is 0. The van der Waals surface area contributed by atoms with E-state index in [0.717, 1.165) is 19.4 Å². The van der Waals surface area contributed by atoms with Crippen LogP contribution in [0.1, 0.15) is 25.8 Å². The molecule has 0 aromatic heterocycles. The van der Waals surface area contributed by atoms with Crippen LogP contribution in [0.25, 0.3) is 0 Å². The van der Waals surface area contributed by atoms with Gasteiger partial charge in [0.15, 0.2) is 0 Å². The molecule has 1 rings (SSSR count). The largest absolute Gasteiger partial charge is 0.385 e. The minimum atomic E-state index is -0.167. The molecule has 0 amide bonds. The van der Waals surface area contributed by atoms with Crippen LogP contribution in [0.5, 0.6) is 0 Å². The van der Waals surface area contributed by atoms with Gasteiger partial charge in [-0.25, -0.2) is 0 Å². The van der Waals surface area contributed by atoms with Crippen LogP contribution < -0.4 is 5.73 Å². The summed E-state index contributed by atoms with van der Waals surface area (Å²) in [7, 11) is 1.73. The Balaban J connectivity index is 2.56. The molecule has 0 fully saturated rings. The van der Waals surface area contributed by atoms with Crippen molar-refractivity contribution in [2.24, 2.45) is 11.7 Å². The molecule has 0 spiro atoms. The number of ether oxygens (including phenoxy) is 1. The summed E-state index contributed by atoms with van der Waals surface area (Å²) in [5, 5.41) is 0. The zero-order valence-corrected chi connectivity index (χ0v) is 10.6. The van der Waals surface area contributed by atoms with Gasteiger partial charge in [-0.05, 0) is 31.2 Å². The smallest absolute Gasteiger partial charge is 0.0465 e. The van der Waals surface area contributed by atoms with Gasteiger partial charge in [0.05, 0.1) is 0 Å². The van der Waals surface area contributed by atoms with E-state index in [1.807, 2.05) is 6.07 Å². The molecule has 0 aliphatic carbocycles. The Morgan fingerprint density at radius 2 is 1.94 bits per heavy atom. The average Bonchev–Trinajstić information content (AvgIpc) is 2.26. The topological polar surface area (TPSA) is 35.2 Å². The minimum absolute atomic E-state index is 0.167. The van der Waals surface area contributed by atoms with Crippen molar-refractivity contribution in [2.45, 2.75) is 32.2 Å². The highest BCUT2D eigenvalue weighted by atomic mass is 16.5. The summed E-state index contributed by atoms with van der Waals surface area (Å²) in [6, 6.07) is 10.4. The molecule has 1 aromatic rings. The van der Waals surface area contributed by atoms with Crippen LogP contribution in [0, 0.1) is 5.92 Å². The fraction of sp³-hybridized carbons (Fsp3) is 0.571. The van der Waals surface area contributed by atoms with E-state index < -0.39 is 0 Å². The number of hydrogen-bond donors (Lipinski definition) is 1. The van der Waals surface area contributed by atoms with Gasteiger partial charge >= 0.3 is 0 Å². The second kappa shape index (κ2) is 6.02. The quantitative estimate of drug-likeness (QED) is 0.801. The maximum atomic E-state index is 6.38. The Morgan fingerprint density at radius 1 is 1.31 bits per heavy atom. The molecular formula is C14H23NO. The van der Waals surface area contributed by atoms with Gasteiger partial charge in [0.25, 0.3) is 0 Å². The predicted molar refractivity (Wildman–Crippen MR) is 68.4 cm³/mol. The van der Waals surface area contributed by atoms with Crippen LogP contribution in [-0.4, -0.2) is 19.3 Å². The number of hydrogen-bond acceptors (Lipinski definition) is 2. The molecular weight excluding hydrogens is 198 g/mol. The fourth-order valence-electron chi connectivity index (χ4n) is 1.83. The van der Waals surface area contributed by atoms with Crippen LogP contribution in [-0.2, 0) is 11.2 Å². The second-order valence-electron chi connectivity index (χ2n) is 4.85. The molecule has 0 aliphatic rings. The van der Waals surface area contributed by atoms with Crippen molar-refractivity contribution >= 4 is 0 Å². The van der Waals surface area contributed by atoms with Crippen LogP contribution in [0.3, 0.4) is 0 Å². The second-order valence-corrected chi connectivity index (χ2v) is 4.85. The standard InChI is InChI=1S/C14H23NO/c1-12(9-10-16-3)14(2,15)11-13-7-5-4-6-8-13/h4-8,12H,9-11,15H2,1-3H3. The Hall–Kier alpha value is -0.860. The normalized spacial score (nSPS) is 16.8. The maximum Gasteiger partial charge on any atom is 0.0465 e. The zero-order valence-electron chi connectivity index (χ0n) is 10.6. The van der Waals surface area contributed by atoms with Gasteiger partial charge in [-0.1, -0.05) is 37.3 Å². The van der Waals surface area contributed by atoms with Crippen molar-refractivity contribution in [3.63, 3.8) is 0 Å². The molecule has 2 nitrogen and oxygen atoms in total. The third kappa shape index (κ3) is 3.95. The van der Waals surface area contributed by atoms with Crippen LogP contribution in [0.15, 0.2) is 30.3 Å². The fourth-order valence-corrected chi connectivity index (χ4v) is 1.83. The first kappa shape index (κ1) is 13.2. The molecule has 0 saturated carbocycles. The number of rotatable bonds is 6. The van der Waals surface area contributed by atoms with E-state index in [1.54, 1.807) is 7.11 Å². The molecule has 1 aromatic carbocycles. The van der Waals surface area contributed by atoms with Crippen molar-refractivity contribution in [1.82, 2.24) is 0 Å². The molecule has 2 unspecified atom stereocenters. The first-order valence-electron chi connectivity index (χ1n) is 5.88. The average molecular weight is 221 g/mol. The first-order valence-corrected chi connectivity index (χ1v) is 5.88. The van der Waals surface area contributed by atoms with Crippen molar-refractivity contribution in [3.05, 3.63) is 35.9 Å². The number of nitrogens with two attached hydrogens (primary N) is 1. The molecule has 2 heteroatoms. The van der Waals surface area contributed by atoms with E-state index >= 15 is 0 Å². The Kier molecular flexibility index (Phi) is 4.97. The van der Waals surface area contributed by atoms with Gasteiger partial charge < -0.3 is 10.5 Å². The zero-order chi connectivity index (χ0) is 12.0. The van der Waals surface area contributed by atoms with E-state index in [0.29, 0.717) is 5.92 Å². The Morgan fingerprint density at radius 3 is 2.50 bits per heavy atom. The maximum absolute atomic E-state index is 6.38. The summed E-state index contributed by atoms with van der Waals surface area (Å²) in [6.07, 6.45) is 1.93. The lowest BCUT2D eigenvalue weighted by Crippen LogP contribution is -2.45. The summed E-state index contributed by atoms with van der Waals surface area (Å²) in [5.41, 5.74) is 7.51. The van der Waals surface area contributed by atoms with Crippen molar-refractivity contribution in [3.8, 4) is 0 Å². The lowest BCUT2D eigenvalue weighted by atomic mass is 9.81. The summed E-state index contributed by atoms with van der Waals surface area (Å²) in [5.74, 6) is 0.452. The first-order chi connectivity index (χ1) is 7.56. The summed E-state index contributed by atoms with van der Waals surface area (Å²) in [6.45, 7) is 5.10. The highest BCUT2D eigenvalue weighted by molar-refractivity contribution is 5.17. The highest BCUT2D eigenvalue weighted by Crippen LogP contribution is 2.22. The molecule has 0 aliphatic heterocycles. The van der Waals surface area contributed by atoms with Gasteiger partial charge in [-0.15, -0.1) is 0 Å². The lowest BCUT2D eigenvalue weighted by Gasteiger charge is -2.32. The molecule has 2 atom stereocenters. The predicted octanol–water partition coefficient (Wildman–Crippen LogP) is 2.62. The minimum Gasteiger partial charge on any atom is -0.385 e. The van der Waals surface area contributed by atoms with Crippen molar-refractivity contribution in [2.75, 3.05) is 13.7 Å². The Bertz CT molecular complexity index is 295. The monoisotopic (exact) mass is 221 g/mol. The Labute approximate surface area is 98.8 Å². The van der Waals surface area contributed by atoms with E-state index in [-0.39, 0.29) is 5.54 Å². The number of benzene rings is 1. The highest BCUT2D eigenvalue weighted by Gasteiger charge is 2.26. The third-order valence-electron chi connectivity index (χ3n) is 3.31. The van der Waals surface area contributed by atoms with E-state index in [2.05, 4.69) is 38.1 Å². The van der Waals surface area contributed by atoms with Crippen LogP contribution in [0.4, 0.5) is 0 Å². The van der Waals surface area contributed by atoms with E-state index in [9.17, 15) is 0 Å². The molecule has 2 N–H and O–H groups in total. The van der Waals surface area contributed by atoms with E-state index in [4.69, 9.17) is 10.5 Å². The molecule has 90 valence electrons. The van der Waals surface area contributed by atoms with Gasteiger partial charge in [-0.2, -0.15) is 0 Å². The van der Waals surface area contributed by atoms with Crippen molar-refractivity contribution < 1.29 is 4.74 Å². The molecule has 0 heterocycles. The molecule has 0 saturated heterocycles. The third-order valence-corrected chi connectivity index (χ3v) is 3.31. The van der Waals surface area contributed by atoms with Crippen molar-refractivity contribution in [1.29, 1.82) is 0 Å². The molecule has 0 bridgehead atoms. The van der Waals surface area contributed by atoms with Gasteiger partial charge in [0, 0.05) is 19.3 Å². The van der Waals surface area contributed by atoms with E-state index in [1.165, 1.54) is 5.56 Å². The SMILES string of the molecule is COCCC(C)C(C)(N)Cc1ccccc1. The van der Waals surface area contributed by atoms with Gasteiger partial charge in [-0.3, -0.25) is 0 Å². The summed E-state index contributed by atoms with van der Waals surface area (Å²) < 4.78 is 5.10. The van der Waals surface area contributed by atoms with Crippen LogP contribution >= 0.6 is 0 Å². The van der Waals surface area contributed by atoms with Gasteiger partial charge in [0.1, 0.15) is 0 Å². The summed E-state index contributed by atoms with van der Waals surface area (Å²) >= 11 is 0. The lowest BCUT2D eigenvalue weighted by molar-refractivity contribution is 0.159. The van der Waals surface area contributed by atoms with Gasteiger partial charge in [0.2, 0.25) is 0 Å². The molecule has 0 radical (unpaired) electrons. The molecule has 16 heavy (non-hydrogen) atoms. The number of methoxy groups -OCH3 is 1.